The number of rotatable bonds is 6. The number of benzene rings is 2. The Hall–Kier alpha value is -2.33. The van der Waals surface area contributed by atoms with Gasteiger partial charge in [0.15, 0.2) is 0 Å². The molecule has 0 aliphatic heterocycles. The zero-order valence-corrected chi connectivity index (χ0v) is 14.8. The average molecular weight is 338 g/mol. The largest absolute Gasteiger partial charge is 0.496 e. The second-order valence-electron chi connectivity index (χ2n) is 6.77. The first-order chi connectivity index (χ1) is 12.2. The summed E-state index contributed by atoms with van der Waals surface area (Å²) in [4.78, 5) is 12.6. The van der Waals surface area contributed by atoms with Crippen LogP contribution < -0.4 is 15.8 Å². The summed E-state index contributed by atoms with van der Waals surface area (Å²) >= 11 is 0. The minimum atomic E-state index is -0.0422. The van der Waals surface area contributed by atoms with Crippen molar-refractivity contribution in [3.8, 4) is 5.75 Å². The molecule has 3 N–H and O–H groups in total. The van der Waals surface area contributed by atoms with Crippen molar-refractivity contribution in [3.05, 3.63) is 65.2 Å². The van der Waals surface area contributed by atoms with Crippen molar-refractivity contribution in [1.29, 1.82) is 0 Å². The molecule has 0 spiro atoms. The van der Waals surface area contributed by atoms with Gasteiger partial charge in [-0.3, -0.25) is 4.79 Å². The molecule has 0 atom stereocenters. The van der Waals surface area contributed by atoms with Crippen LogP contribution in [-0.4, -0.2) is 19.6 Å². The first kappa shape index (κ1) is 17.5. The van der Waals surface area contributed by atoms with Gasteiger partial charge in [0.1, 0.15) is 5.75 Å². The first-order valence-electron chi connectivity index (χ1n) is 8.89. The molecule has 0 saturated heterocycles. The number of nitrogens with two attached hydrogens (primary N) is 1. The molecule has 1 amide bonds. The molecule has 132 valence electrons. The fourth-order valence-electron chi connectivity index (χ4n) is 3.82. The number of amides is 1. The van der Waals surface area contributed by atoms with E-state index in [9.17, 15) is 4.79 Å². The van der Waals surface area contributed by atoms with E-state index in [4.69, 9.17) is 10.5 Å². The van der Waals surface area contributed by atoms with Crippen LogP contribution in [0.4, 0.5) is 0 Å². The van der Waals surface area contributed by atoms with Gasteiger partial charge in [-0.1, -0.05) is 43.2 Å². The van der Waals surface area contributed by atoms with Crippen molar-refractivity contribution in [1.82, 2.24) is 5.32 Å². The smallest absolute Gasteiger partial charge is 0.251 e. The number of carbonyl (C=O) groups is 1. The van der Waals surface area contributed by atoms with E-state index in [1.807, 2.05) is 42.5 Å². The summed E-state index contributed by atoms with van der Waals surface area (Å²) in [5, 5.41) is 3.14. The summed E-state index contributed by atoms with van der Waals surface area (Å²) in [5.41, 5.74) is 8.47. The van der Waals surface area contributed by atoms with Crippen LogP contribution in [-0.2, 0) is 12.0 Å². The maximum atomic E-state index is 12.6. The van der Waals surface area contributed by atoms with E-state index in [0.29, 0.717) is 18.7 Å². The predicted octanol–water partition coefficient (Wildman–Crippen LogP) is 3.40. The Balaban J connectivity index is 1.77. The molecule has 1 aliphatic carbocycles. The van der Waals surface area contributed by atoms with Crippen LogP contribution in [0, 0.1) is 0 Å². The highest BCUT2D eigenvalue weighted by atomic mass is 16.5. The van der Waals surface area contributed by atoms with Gasteiger partial charge >= 0.3 is 0 Å². The molecule has 0 bridgehead atoms. The number of para-hydroxylation sites is 1. The minimum Gasteiger partial charge on any atom is -0.496 e. The van der Waals surface area contributed by atoms with Gasteiger partial charge in [0.25, 0.3) is 5.91 Å². The Morgan fingerprint density at radius 3 is 2.44 bits per heavy atom. The van der Waals surface area contributed by atoms with Gasteiger partial charge in [0.2, 0.25) is 0 Å². The Bertz CT molecular complexity index is 719. The third-order valence-electron chi connectivity index (χ3n) is 5.28. The van der Waals surface area contributed by atoms with Gasteiger partial charge in [0, 0.05) is 29.6 Å². The number of carbonyl (C=O) groups excluding carboxylic acids is 1. The zero-order chi connectivity index (χ0) is 17.7. The van der Waals surface area contributed by atoms with E-state index in [0.717, 1.165) is 24.2 Å². The van der Waals surface area contributed by atoms with Crippen LogP contribution in [0.25, 0.3) is 0 Å². The van der Waals surface area contributed by atoms with E-state index in [-0.39, 0.29) is 11.3 Å². The molecule has 4 heteroatoms. The molecule has 0 aromatic heterocycles. The van der Waals surface area contributed by atoms with Crippen molar-refractivity contribution in [2.45, 2.75) is 37.6 Å². The first-order valence-corrected chi connectivity index (χ1v) is 8.89. The van der Waals surface area contributed by atoms with Crippen molar-refractivity contribution in [2.24, 2.45) is 5.73 Å². The van der Waals surface area contributed by atoms with Crippen molar-refractivity contribution < 1.29 is 9.53 Å². The lowest BCUT2D eigenvalue weighted by Crippen LogP contribution is -2.39. The maximum absolute atomic E-state index is 12.6. The molecule has 1 saturated carbocycles. The van der Waals surface area contributed by atoms with E-state index >= 15 is 0 Å². The van der Waals surface area contributed by atoms with Gasteiger partial charge in [0.05, 0.1) is 7.11 Å². The molecular weight excluding hydrogens is 312 g/mol. The van der Waals surface area contributed by atoms with Crippen LogP contribution in [0.3, 0.4) is 0 Å². The molecule has 1 aliphatic rings. The number of nitrogens with one attached hydrogen (secondary N) is 1. The molecule has 0 unspecified atom stereocenters. The van der Waals surface area contributed by atoms with Crippen LogP contribution in [0.5, 0.6) is 5.75 Å². The normalized spacial score (nSPS) is 15.8. The molecular formula is C21H26N2O2. The minimum absolute atomic E-state index is 0.0373. The Morgan fingerprint density at radius 2 is 1.80 bits per heavy atom. The highest BCUT2D eigenvalue weighted by Crippen LogP contribution is 2.44. The van der Waals surface area contributed by atoms with Gasteiger partial charge in [-0.05, 0) is 36.6 Å². The van der Waals surface area contributed by atoms with Crippen LogP contribution >= 0.6 is 0 Å². The van der Waals surface area contributed by atoms with E-state index < -0.39 is 0 Å². The Labute approximate surface area is 149 Å². The Morgan fingerprint density at radius 1 is 1.12 bits per heavy atom. The number of hydrogen-bond donors (Lipinski definition) is 2. The van der Waals surface area contributed by atoms with Crippen molar-refractivity contribution in [2.75, 3.05) is 13.7 Å². The molecule has 0 radical (unpaired) electrons. The number of methoxy groups -OCH3 is 1. The second kappa shape index (κ2) is 7.70. The molecule has 4 nitrogen and oxygen atoms in total. The lowest BCUT2D eigenvalue weighted by Gasteiger charge is -2.31. The van der Waals surface area contributed by atoms with Crippen LogP contribution in [0.2, 0.25) is 0 Å². The van der Waals surface area contributed by atoms with Gasteiger partial charge < -0.3 is 15.8 Å². The summed E-state index contributed by atoms with van der Waals surface area (Å²) in [5.74, 6) is 0.871. The lowest BCUT2D eigenvalue weighted by atomic mass is 9.78. The molecule has 0 heterocycles. The average Bonchev–Trinajstić information content (AvgIpc) is 3.16. The van der Waals surface area contributed by atoms with E-state index in [1.54, 1.807) is 7.11 Å². The molecule has 2 aromatic carbocycles. The molecule has 1 fully saturated rings. The SMILES string of the molecule is COc1ccccc1C1(CNC(=O)c2ccc(CN)cc2)CCCC1. The number of ether oxygens (including phenoxy) is 1. The van der Waals surface area contributed by atoms with E-state index in [2.05, 4.69) is 11.4 Å². The standard InChI is InChI=1S/C21H26N2O2/c1-25-19-7-3-2-6-18(19)21(12-4-5-13-21)15-23-20(24)17-10-8-16(14-22)9-11-17/h2-3,6-11H,4-5,12-15,22H2,1H3,(H,23,24). The highest BCUT2D eigenvalue weighted by molar-refractivity contribution is 5.94. The number of hydrogen-bond acceptors (Lipinski definition) is 3. The summed E-state index contributed by atoms with van der Waals surface area (Å²) in [6.45, 7) is 1.11. The third kappa shape index (κ3) is 3.69. The quantitative estimate of drug-likeness (QED) is 0.848. The fraction of sp³-hybridized carbons (Fsp3) is 0.381. The lowest BCUT2D eigenvalue weighted by molar-refractivity contribution is 0.0942. The predicted molar refractivity (Wildman–Crippen MR) is 99.8 cm³/mol. The van der Waals surface area contributed by atoms with Crippen LogP contribution in [0.15, 0.2) is 48.5 Å². The van der Waals surface area contributed by atoms with Crippen molar-refractivity contribution in [3.63, 3.8) is 0 Å². The zero-order valence-electron chi connectivity index (χ0n) is 14.8. The third-order valence-corrected chi connectivity index (χ3v) is 5.28. The maximum Gasteiger partial charge on any atom is 0.251 e. The summed E-state index contributed by atoms with van der Waals surface area (Å²) in [6, 6.07) is 15.6. The molecule has 3 rings (SSSR count). The summed E-state index contributed by atoms with van der Waals surface area (Å²) in [6.07, 6.45) is 4.50. The Kier molecular flexibility index (Phi) is 5.39. The fourth-order valence-corrected chi connectivity index (χ4v) is 3.82. The second-order valence-corrected chi connectivity index (χ2v) is 6.77. The topological polar surface area (TPSA) is 64.3 Å². The van der Waals surface area contributed by atoms with E-state index in [1.165, 1.54) is 18.4 Å². The monoisotopic (exact) mass is 338 g/mol. The molecule has 25 heavy (non-hydrogen) atoms. The van der Waals surface area contributed by atoms with Crippen LogP contribution in [0.1, 0.15) is 47.2 Å². The molecule has 2 aromatic rings. The van der Waals surface area contributed by atoms with Gasteiger partial charge in [-0.25, -0.2) is 0 Å². The summed E-state index contributed by atoms with van der Waals surface area (Å²) < 4.78 is 5.58. The van der Waals surface area contributed by atoms with Gasteiger partial charge in [-0.15, -0.1) is 0 Å². The highest BCUT2D eigenvalue weighted by Gasteiger charge is 2.38. The van der Waals surface area contributed by atoms with Gasteiger partial charge in [-0.2, -0.15) is 0 Å². The van der Waals surface area contributed by atoms with Crippen molar-refractivity contribution >= 4 is 5.91 Å². The summed E-state index contributed by atoms with van der Waals surface area (Å²) in [7, 11) is 1.71.